The molecule has 2 aliphatic heterocycles. The highest BCUT2D eigenvalue weighted by atomic mass is 16.6. The molecule has 0 bridgehead atoms. The zero-order valence-corrected chi connectivity index (χ0v) is 31.1. The highest BCUT2D eigenvalue weighted by Gasteiger charge is 2.29. The smallest absolute Gasteiger partial charge is 0.332 e. The molecule has 2 unspecified atom stereocenters. The predicted molar refractivity (Wildman–Crippen MR) is 202 cm³/mol. The van der Waals surface area contributed by atoms with E-state index in [9.17, 15) is 28.8 Å². The molecule has 4 heterocycles. The number of aromatic amines is 2. The Kier molecular flexibility index (Phi) is 12.7. The van der Waals surface area contributed by atoms with Gasteiger partial charge in [0.15, 0.2) is 12.5 Å². The Hall–Kier alpha value is -6.04. The second-order valence-electron chi connectivity index (χ2n) is 13.7. The summed E-state index contributed by atoms with van der Waals surface area (Å²) in [5.74, 6) is -1.91. The zero-order chi connectivity index (χ0) is 38.5. The van der Waals surface area contributed by atoms with Gasteiger partial charge in [-0.1, -0.05) is 12.1 Å². The van der Waals surface area contributed by atoms with Crippen LogP contribution in [0.5, 0.6) is 0 Å². The van der Waals surface area contributed by atoms with Crippen LogP contribution in [0.25, 0.3) is 21.8 Å². The van der Waals surface area contributed by atoms with Crippen LogP contribution in [0.1, 0.15) is 22.3 Å². The topological polar surface area (TPSA) is 221 Å². The first-order chi connectivity index (χ1) is 25.9. The number of hydrogen-bond acceptors (Lipinski definition) is 10. The molecule has 6 N–H and O–H groups in total. The Labute approximate surface area is 316 Å². The Morgan fingerprint density at radius 3 is 1.44 bits per heavy atom. The van der Waals surface area contributed by atoms with Gasteiger partial charge < -0.3 is 35.6 Å². The van der Waals surface area contributed by atoms with Crippen LogP contribution in [-0.2, 0) is 54.3 Å². The van der Waals surface area contributed by atoms with Gasteiger partial charge in [0.05, 0.1) is 13.1 Å². The number of urea groups is 2. The number of H-pyrrole nitrogens is 2. The summed E-state index contributed by atoms with van der Waals surface area (Å²) in [4.78, 5) is 86.1. The van der Waals surface area contributed by atoms with E-state index in [-0.39, 0.29) is 55.5 Å². The van der Waals surface area contributed by atoms with Gasteiger partial charge in [-0.25, -0.2) is 19.2 Å². The first-order valence-corrected chi connectivity index (χ1v) is 17.6. The summed E-state index contributed by atoms with van der Waals surface area (Å²) in [6, 6.07) is 11.0. The number of benzene rings is 2. The van der Waals surface area contributed by atoms with Gasteiger partial charge in [0.1, 0.15) is 0 Å². The lowest BCUT2D eigenvalue weighted by Gasteiger charge is -2.24. The largest absolute Gasteiger partial charge is 0.443 e. The number of likely N-dealkylation sites (N-methyl/N-ethyl adjacent to an activating group) is 2. The molecule has 4 aromatic rings. The number of nitrogens with zero attached hydrogens (tertiary/aromatic N) is 4. The number of carbonyl (C=O) groups is 6. The number of amides is 6. The van der Waals surface area contributed by atoms with Gasteiger partial charge in [0, 0.05) is 72.3 Å². The van der Waals surface area contributed by atoms with Gasteiger partial charge in [0.25, 0.3) is 0 Å². The number of ether oxygens (including phenoxy) is 2. The summed E-state index contributed by atoms with van der Waals surface area (Å²) in [6.45, 7) is 0.576. The second kappa shape index (κ2) is 17.4. The van der Waals surface area contributed by atoms with E-state index in [1.54, 1.807) is 38.0 Å². The van der Waals surface area contributed by atoms with Crippen molar-refractivity contribution in [2.45, 2.75) is 38.1 Å². The summed E-state index contributed by atoms with van der Waals surface area (Å²) in [5.41, 5.74) is 5.50. The monoisotopic (exact) mass is 758 g/mol. The van der Waals surface area contributed by atoms with Gasteiger partial charge in [-0.05, 0) is 87.6 Å². The van der Waals surface area contributed by atoms with Crippen molar-refractivity contribution in [2.75, 3.05) is 54.4 Å². The van der Waals surface area contributed by atoms with Crippen LogP contribution in [0.3, 0.4) is 0 Å². The van der Waals surface area contributed by atoms with Crippen molar-refractivity contribution in [1.29, 1.82) is 0 Å². The van der Waals surface area contributed by atoms with E-state index in [0.29, 0.717) is 25.7 Å². The summed E-state index contributed by atoms with van der Waals surface area (Å²) >= 11 is 0. The molecule has 292 valence electrons. The molecule has 2 aromatic heterocycles. The second-order valence-corrected chi connectivity index (χ2v) is 13.7. The maximum atomic E-state index is 12.9. The van der Waals surface area contributed by atoms with Crippen LogP contribution in [0, 0.1) is 0 Å². The lowest BCUT2D eigenvalue weighted by atomic mass is 10.0. The SMILES string of the molecule is CN(C)C(Cc1c[nH]c2ccc(CCN3C(=O)CNC3=O)cc12)OC(=O)/C=C\C(=O)OC(Cc1c[nH]c2ccc(CCN3C(=O)CNC3=O)cc12)N(C)C.O. The minimum absolute atomic E-state index is 0. The van der Waals surface area contributed by atoms with E-state index in [0.717, 1.165) is 56.2 Å². The van der Waals surface area contributed by atoms with Gasteiger partial charge in [-0.3, -0.25) is 29.2 Å². The number of hydrogen-bond donors (Lipinski definition) is 4. The molecule has 0 radical (unpaired) electrons. The van der Waals surface area contributed by atoms with E-state index < -0.39 is 24.4 Å². The number of fused-ring (bicyclic) bond motifs is 2. The van der Waals surface area contributed by atoms with Crippen molar-refractivity contribution in [3.05, 3.63) is 83.2 Å². The fourth-order valence-electron chi connectivity index (χ4n) is 6.46. The lowest BCUT2D eigenvalue weighted by molar-refractivity contribution is -0.153. The average molecular weight is 759 g/mol. The summed E-state index contributed by atoms with van der Waals surface area (Å²) < 4.78 is 11.5. The maximum Gasteiger partial charge on any atom is 0.332 e. The highest BCUT2D eigenvalue weighted by molar-refractivity contribution is 6.02. The van der Waals surface area contributed by atoms with E-state index in [4.69, 9.17) is 9.47 Å². The number of nitrogens with one attached hydrogen (secondary N) is 4. The van der Waals surface area contributed by atoms with Gasteiger partial charge >= 0.3 is 24.0 Å². The van der Waals surface area contributed by atoms with Crippen LogP contribution in [0.2, 0.25) is 0 Å². The van der Waals surface area contributed by atoms with Crippen molar-refractivity contribution in [2.24, 2.45) is 0 Å². The van der Waals surface area contributed by atoms with Gasteiger partial charge in [-0.2, -0.15) is 0 Å². The molecule has 17 heteroatoms. The molecule has 0 aliphatic carbocycles. The average Bonchev–Trinajstić information content (AvgIpc) is 3.90. The van der Waals surface area contributed by atoms with Crippen LogP contribution in [0.4, 0.5) is 9.59 Å². The molecular weight excluding hydrogens is 712 g/mol. The van der Waals surface area contributed by atoms with Gasteiger partial charge in [-0.15, -0.1) is 0 Å². The first kappa shape index (κ1) is 40.2. The molecule has 2 aliphatic rings. The standard InChI is InChI=1S/C38H44N8O8.H2O/c1-43(2)33(17-25-19-39-29-7-5-23(15-27(25)29)11-13-45-31(47)21-41-37(45)51)53-35(49)9-10-36(50)54-34(44(3)4)18-26-20-40-30-8-6-24(16-28(26)30)12-14-46-32(48)22-42-38(46)52;/h5-10,15-16,19-20,33-34,39-40H,11-14,17-18,21-22H2,1-4H3,(H,41,51)(H,42,52);1H2/b10-9-;. The Morgan fingerprint density at radius 1 is 0.691 bits per heavy atom. The molecule has 2 fully saturated rings. The number of rotatable bonds is 16. The molecule has 6 rings (SSSR count). The molecule has 2 aromatic carbocycles. The number of carbonyl (C=O) groups excluding carboxylic acids is 6. The zero-order valence-electron chi connectivity index (χ0n) is 31.1. The minimum atomic E-state index is -0.710. The van der Waals surface area contributed by atoms with Crippen molar-refractivity contribution in [1.82, 2.24) is 40.2 Å². The molecule has 17 nitrogen and oxygen atoms in total. The van der Waals surface area contributed by atoms with Crippen LogP contribution in [-0.4, -0.2) is 138 Å². The number of aromatic nitrogens is 2. The molecule has 0 spiro atoms. The van der Waals surface area contributed by atoms with Crippen LogP contribution in [0.15, 0.2) is 60.9 Å². The van der Waals surface area contributed by atoms with E-state index in [1.807, 2.05) is 48.8 Å². The first-order valence-electron chi connectivity index (χ1n) is 17.6. The van der Waals surface area contributed by atoms with Crippen molar-refractivity contribution in [3.63, 3.8) is 0 Å². The fourth-order valence-corrected chi connectivity index (χ4v) is 6.46. The molecular formula is C38H46N8O9. The van der Waals surface area contributed by atoms with Gasteiger partial charge in [0.2, 0.25) is 11.8 Å². The lowest BCUT2D eigenvalue weighted by Crippen LogP contribution is -2.35. The number of esters is 2. The van der Waals surface area contributed by atoms with Crippen molar-refractivity contribution >= 4 is 57.6 Å². The summed E-state index contributed by atoms with van der Waals surface area (Å²) in [5, 5.41) is 6.92. The van der Waals surface area contributed by atoms with Crippen LogP contribution < -0.4 is 10.6 Å². The normalized spacial score (nSPS) is 15.7. The highest BCUT2D eigenvalue weighted by Crippen LogP contribution is 2.25. The van der Waals surface area contributed by atoms with Crippen molar-refractivity contribution < 1.29 is 43.7 Å². The minimum Gasteiger partial charge on any atom is -0.443 e. The van der Waals surface area contributed by atoms with E-state index >= 15 is 0 Å². The third-order valence-corrected chi connectivity index (χ3v) is 9.59. The Bertz CT molecular complexity index is 1940. The molecule has 2 atom stereocenters. The molecule has 2 saturated heterocycles. The molecule has 55 heavy (non-hydrogen) atoms. The summed E-state index contributed by atoms with van der Waals surface area (Å²) in [7, 11) is 7.15. The molecule has 6 amide bonds. The molecule has 0 saturated carbocycles. The number of imide groups is 2. The predicted octanol–water partition coefficient (Wildman–Crippen LogP) is 1.22. The third kappa shape index (κ3) is 9.56. The third-order valence-electron chi connectivity index (χ3n) is 9.59. The van der Waals surface area contributed by atoms with Crippen LogP contribution >= 0.6 is 0 Å². The van der Waals surface area contributed by atoms with Crippen molar-refractivity contribution in [3.8, 4) is 0 Å². The summed E-state index contributed by atoms with van der Waals surface area (Å²) in [6.07, 6.45) is 6.22. The fraction of sp³-hybridized carbons (Fsp3) is 0.368. The Balaban J connectivity index is 0.00000580. The van der Waals surface area contributed by atoms with E-state index in [1.165, 1.54) is 9.80 Å². The van der Waals surface area contributed by atoms with E-state index in [2.05, 4.69) is 20.6 Å². The quantitative estimate of drug-likeness (QED) is 0.0554. The maximum absolute atomic E-state index is 12.9. The Morgan fingerprint density at radius 2 is 1.09 bits per heavy atom.